The van der Waals surface area contributed by atoms with Gasteiger partial charge in [0.1, 0.15) is 5.75 Å². The SMILES string of the molecule is COc1ccc(C(C)(C)O[PH](=O)O)cc1. The summed E-state index contributed by atoms with van der Waals surface area (Å²) >= 11 is 0. The minimum atomic E-state index is -2.94. The first-order valence-electron chi connectivity index (χ1n) is 4.52. The maximum Gasteiger partial charge on any atom is 0.317 e. The van der Waals surface area contributed by atoms with Crippen LogP contribution in [0.1, 0.15) is 19.4 Å². The molecule has 1 N–H and O–H groups in total. The van der Waals surface area contributed by atoms with Crippen molar-refractivity contribution in [1.82, 2.24) is 0 Å². The predicted octanol–water partition coefficient (Wildman–Crippen LogP) is 2.33. The molecule has 4 nitrogen and oxygen atoms in total. The summed E-state index contributed by atoms with van der Waals surface area (Å²) in [6.45, 7) is 3.49. The molecule has 1 aromatic carbocycles. The molecule has 1 rings (SSSR count). The van der Waals surface area contributed by atoms with Gasteiger partial charge in [0.05, 0.1) is 12.7 Å². The van der Waals surface area contributed by atoms with Gasteiger partial charge in [-0.05, 0) is 31.5 Å². The first kappa shape index (κ1) is 12.2. The highest BCUT2D eigenvalue weighted by Gasteiger charge is 2.23. The van der Waals surface area contributed by atoms with E-state index in [-0.39, 0.29) is 0 Å². The molecule has 0 bridgehead atoms. The minimum Gasteiger partial charge on any atom is -0.497 e. The van der Waals surface area contributed by atoms with Gasteiger partial charge >= 0.3 is 8.25 Å². The Hall–Kier alpha value is -0.830. The molecule has 0 amide bonds. The molecule has 5 heteroatoms. The summed E-state index contributed by atoms with van der Waals surface area (Å²) in [5.74, 6) is 0.742. The lowest BCUT2D eigenvalue weighted by Gasteiger charge is -2.23. The fourth-order valence-electron chi connectivity index (χ4n) is 1.27. The second kappa shape index (κ2) is 4.79. The zero-order valence-electron chi connectivity index (χ0n) is 8.98. The van der Waals surface area contributed by atoms with Gasteiger partial charge in [-0.2, -0.15) is 0 Å². The van der Waals surface area contributed by atoms with E-state index in [0.29, 0.717) is 0 Å². The summed E-state index contributed by atoms with van der Waals surface area (Å²) in [6.07, 6.45) is 0. The molecule has 0 aromatic heterocycles. The zero-order valence-corrected chi connectivity index (χ0v) is 9.98. The van der Waals surface area contributed by atoms with Crippen LogP contribution in [0.3, 0.4) is 0 Å². The van der Waals surface area contributed by atoms with Crippen molar-refractivity contribution in [2.24, 2.45) is 0 Å². The third-order valence-corrected chi connectivity index (χ3v) is 2.81. The van der Waals surface area contributed by atoms with E-state index in [0.717, 1.165) is 11.3 Å². The molecule has 0 saturated carbocycles. The largest absolute Gasteiger partial charge is 0.497 e. The molecular formula is C10H15O4P. The summed E-state index contributed by atoms with van der Waals surface area (Å²) in [6, 6.07) is 7.19. The topological polar surface area (TPSA) is 55.8 Å². The van der Waals surface area contributed by atoms with Crippen molar-refractivity contribution >= 4 is 8.25 Å². The van der Waals surface area contributed by atoms with Crippen LogP contribution in [0.2, 0.25) is 0 Å². The van der Waals surface area contributed by atoms with Gasteiger partial charge in [0, 0.05) is 0 Å². The Morgan fingerprint density at radius 1 is 1.27 bits per heavy atom. The van der Waals surface area contributed by atoms with E-state index in [1.54, 1.807) is 33.1 Å². The van der Waals surface area contributed by atoms with Crippen LogP contribution in [0, 0.1) is 0 Å². The Balaban J connectivity index is 2.89. The highest BCUT2D eigenvalue weighted by molar-refractivity contribution is 7.32. The molecule has 0 fully saturated rings. The maximum absolute atomic E-state index is 10.6. The van der Waals surface area contributed by atoms with Crippen molar-refractivity contribution in [1.29, 1.82) is 0 Å². The summed E-state index contributed by atoms with van der Waals surface area (Å²) in [5.41, 5.74) is 0.0626. The van der Waals surface area contributed by atoms with Gasteiger partial charge in [0.25, 0.3) is 0 Å². The smallest absolute Gasteiger partial charge is 0.317 e. The summed E-state index contributed by atoms with van der Waals surface area (Å²) in [5, 5.41) is 0. The Kier molecular flexibility index (Phi) is 3.91. The molecule has 1 atom stereocenters. The Bertz CT molecular complexity index is 345. The quantitative estimate of drug-likeness (QED) is 0.806. The lowest BCUT2D eigenvalue weighted by atomic mass is 9.99. The van der Waals surface area contributed by atoms with Crippen LogP contribution >= 0.6 is 8.25 Å². The summed E-state index contributed by atoms with van der Waals surface area (Å²) < 4.78 is 20.6. The van der Waals surface area contributed by atoms with Crippen LogP contribution in [0.25, 0.3) is 0 Å². The molecule has 15 heavy (non-hydrogen) atoms. The van der Waals surface area contributed by atoms with Gasteiger partial charge in [-0.25, -0.2) is 0 Å². The first-order valence-corrected chi connectivity index (χ1v) is 5.78. The van der Waals surface area contributed by atoms with E-state index < -0.39 is 13.9 Å². The van der Waals surface area contributed by atoms with Crippen molar-refractivity contribution in [2.45, 2.75) is 19.4 Å². The number of ether oxygens (including phenoxy) is 1. The lowest BCUT2D eigenvalue weighted by molar-refractivity contribution is 0.102. The minimum absolute atomic E-state index is 0.742. The van der Waals surface area contributed by atoms with Gasteiger partial charge < -0.3 is 9.63 Å². The van der Waals surface area contributed by atoms with Crippen molar-refractivity contribution in [3.05, 3.63) is 29.8 Å². The molecule has 1 unspecified atom stereocenters. The van der Waals surface area contributed by atoms with Gasteiger partial charge in [0.15, 0.2) is 0 Å². The maximum atomic E-state index is 10.6. The first-order chi connectivity index (χ1) is 6.95. The molecule has 0 heterocycles. The Labute approximate surface area is 89.8 Å². The second-order valence-electron chi connectivity index (χ2n) is 3.61. The monoisotopic (exact) mass is 230 g/mol. The van der Waals surface area contributed by atoms with Gasteiger partial charge in [-0.15, -0.1) is 0 Å². The molecule has 0 saturated heterocycles. The van der Waals surface area contributed by atoms with Crippen molar-refractivity contribution in [3.63, 3.8) is 0 Å². The van der Waals surface area contributed by atoms with Gasteiger partial charge in [0.2, 0.25) is 0 Å². The molecule has 0 aliphatic rings. The van der Waals surface area contributed by atoms with Crippen LogP contribution in [-0.4, -0.2) is 12.0 Å². The van der Waals surface area contributed by atoms with Crippen molar-refractivity contribution in [2.75, 3.05) is 7.11 Å². The van der Waals surface area contributed by atoms with E-state index >= 15 is 0 Å². The van der Waals surface area contributed by atoms with Crippen molar-refractivity contribution < 1.29 is 18.7 Å². The standard InChI is InChI=1S/C10H15O4P/c1-10(2,14-15(11)12)8-4-6-9(13-3)7-5-8/h4-7,15H,1-3H3,(H,11,12). The van der Waals surface area contributed by atoms with Crippen LogP contribution in [0.5, 0.6) is 5.75 Å². The average Bonchev–Trinajstić information content (AvgIpc) is 2.16. The zero-order chi connectivity index (χ0) is 11.5. The van der Waals surface area contributed by atoms with Gasteiger partial charge in [-0.1, -0.05) is 12.1 Å². The highest BCUT2D eigenvalue weighted by Crippen LogP contribution is 2.34. The normalized spacial score (nSPS) is 13.6. The van der Waals surface area contributed by atoms with E-state index in [9.17, 15) is 4.57 Å². The summed E-state index contributed by atoms with van der Waals surface area (Å²) in [4.78, 5) is 8.75. The van der Waals surface area contributed by atoms with E-state index in [2.05, 4.69) is 0 Å². The van der Waals surface area contributed by atoms with Crippen LogP contribution in [0.15, 0.2) is 24.3 Å². The third kappa shape index (κ3) is 3.34. The molecule has 1 aromatic rings. The Morgan fingerprint density at radius 2 is 1.80 bits per heavy atom. The van der Waals surface area contributed by atoms with E-state index in [1.807, 2.05) is 12.1 Å². The molecular weight excluding hydrogens is 215 g/mol. The Morgan fingerprint density at radius 3 is 2.20 bits per heavy atom. The van der Waals surface area contributed by atoms with E-state index in [1.165, 1.54) is 0 Å². The molecule has 84 valence electrons. The fourth-order valence-corrected chi connectivity index (χ4v) is 1.82. The lowest BCUT2D eigenvalue weighted by Crippen LogP contribution is -2.17. The average molecular weight is 230 g/mol. The molecule has 0 radical (unpaired) electrons. The second-order valence-corrected chi connectivity index (χ2v) is 4.34. The summed E-state index contributed by atoms with van der Waals surface area (Å²) in [7, 11) is -1.35. The van der Waals surface area contributed by atoms with E-state index in [4.69, 9.17) is 14.2 Å². The number of benzene rings is 1. The molecule has 0 spiro atoms. The predicted molar refractivity (Wildman–Crippen MR) is 58.3 cm³/mol. The number of rotatable bonds is 4. The van der Waals surface area contributed by atoms with Gasteiger partial charge in [-0.3, -0.25) is 9.09 Å². The fraction of sp³-hybridized carbons (Fsp3) is 0.400. The number of methoxy groups -OCH3 is 1. The molecule has 0 aliphatic heterocycles. The number of hydrogen-bond donors (Lipinski definition) is 1. The molecule has 0 aliphatic carbocycles. The third-order valence-electron chi connectivity index (χ3n) is 2.13. The van der Waals surface area contributed by atoms with Crippen LogP contribution in [0.4, 0.5) is 0 Å². The van der Waals surface area contributed by atoms with Crippen LogP contribution < -0.4 is 4.74 Å². The number of hydrogen-bond acceptors (Lipinski definition) is 3. The highest BCUT2D eigenvalue weighted by atomic mass is 31.1. The van der Waals surface area contributed by atoms with Crippen molar-refractivity contribution in [3.8, 4) is 5.75 Å². The van der Waals surface area contributed by atoms with Crippen LogP contribution in [-0.2, 0) is 14.7 Å².